The SMILES string of the molecule is CC(C)(C)[Si](C)(C)OCCC#Cc1sc(-c2ccc(F)cc2)c(-c2ccncc2)c1-c1ccc(C(N)=O)cc1. The summed E-state index contributed by atoms with van der Waals surface area (Å²) in [5.41, 5.74) is 10.7. The molecule has 4 rings (SSSR count). The van der Waals surface area contributed by atoms with Crippen molar-refractivity contribution >= 4 is 25.6 Å². The fraction of sp³-hybridized carbons (Fsp3) is 0.250. The summed E-state index contributed by atoms with van der Waals surface area (Å²) < 4.78 is 20.1. The molecule has 0 bridgehead atoms. The number of hydrogen-bond acceptors (Lipinski definition) is 4. The van der Waals surface area contributed by atoms with Crippen molar-refractivity contribution in [2.45, 2.75) is 45.3 Å². The Morgan fingerprint density at radius 2 is 1.54 bits per heavy atom. The zero-order valence-electron chi connectivity index (χ0n) is 23.0. The fourth-order valence-electron chi connectivity index (χ4n) is 3.91. The summed E-state index contributed by atoms with van der Waals surface area (Å²) >= 11 is 1.57. The summed E-state index contributed by atoms with van der Waals surface area (Å²) in [5, 5.41) is 0.141. The predicted octanol–water partition coefficient (Wildman–Crippen LogP) is 8.15. The monoisotopic (exact) mass is 556 g/mol. The van der Waals surface area contributed by atoms with Gasteiger partial charge < -0.3 is 10.2 Å². The summed E-state index contributed by atoms with van der Waals surface area (Å²) in [5.74, 6) is 5.97. The van der Waals surface area contributed by atoms with E-state index in [2.05, 4.69) is 50.7 Å². The molecule has 1 amide bonds. The second kappa shape index (κ2) is 11.7. The summed E-state index contributed by atoms with van der Waals surface area (Å²) in [6, 6.07) is 17.7. The summed E-state index contributed by atoms with van der Waals surface area (Å²) in [7, 11) is -1.85. The lowest BCUT2D eigenvalue weighted by Gasteiger charge is -2.35. The molecule has 0 aliphatic heterocycles. The molecule has 2 N–H and O–H groups in total. The number of hydrogen-bond donors (Lipinski definition) is 1. The third-order valence-corrected chi connectivity index (χ3v) is 12.8. The average Bonchev–Trinajstić information content (AvgIpc) is 3.28. The van der Waals surface area contributed by atoms with E-state index in [-0.39, 0.29) is 10.9 Å². The van der Waals surface area contributed by atoms with E-state index >= 15 is 0 Å². The zero-order chi connectivity index (χ0) is 28.2. The first-order valence-corrected chi connectivity index (χ1v) is 16.6. The van der Waals surface area contributed by atoms with Crippen molar-refractivity contribution in [3.8, 4) is 44.5 Å². The number of amides is 1. The highest BCUT2D eigenvalue weighted by molar-refractivity contribution is 7.17. The highest BCUT2D eigenvalue weighted by Crippen LogP contribution is 2.47. The molecule has 2 aromatic carbocycles. The molecule has 7 heteroatoms. The van der Waals surface area contributed by atoms with Gasteiger partial charge in [-0.3, -0.25) is 9.78 Å². The van der Waals surface area contributed by atoms with E-state index in [1.165, 1.54) is 12.1 Å². The minimum atomic E-state index is -1.85. The molecule has 0 radical (unpaired) electrons. The Morgan fingerprint density at radius 3 is 2.13 bits per heavy atom. The second-order valence-corrected chi connectivity index (χ2v) is 16.7. The number of halogens is 1. The maximum atomic E-state index is 13.8. The third-order valence-electron chi connectivity index (χ3n) is 7.14. The normalized spacial score (nSPS) is 11.6. The van der Waals surface area contributed by atoms with Crippen LogP contribution in [0.2, 0.25) is 18.1 Å². The minimum Gasteiger partial charge on any atom is -0.416 e. The van der Waals surface area contributed by atoms with Crippen LogP contribution >= 0.6 is 11.3 Å². The van der Waals surface area contributed by atoms with Crippen LogP contribution in [0.5, 0.6) is 0 Å². The maximum Gasteiger partial charge on any atom is 0.248 e. The number of aromatic nitrogens is 1. The van der Waals surface area contributed by atoms with Gasteiger partial charge in [-0.15, -0.1) is 11.3 Å². The lowest BCUT2D eigenvalue weighted by atomic mass is 9.93. The van der Waals surface area contributed by atoms with Crippen LogP contribution in [-0.2, 0) is 4.43 Å². The average molecular weight is 557 g/mol. The molecule has 0 spiro atoms. The van der Waals surface area contributed by atoms with Gasteiger partial charge in [-0.05, 0) is 71.2 Å². The van der Waals surface area contributed by atoms with Gasteiger partial charge in [0.2, 0.25) is 5.91 Å². The van der Waals surface area contributed by atoms with E-state index in [0.29, 0.717) is 18.6 Å². The molecule has 0 saturated carbocycles. The fourth-order valence-corrected chi connectivity index (χ4v) is 6.18. The minimum absolute atomic E-state index is 0.141. The molecule has 200 valence electrons. The van der Waals surface area contributed by atoms with E-state index in [0.717, 1.165) is 37.6 Å². The lowest BCUT2D eigenvalue weighted by molar-refractivity contribution is 0.100. The van der Waals surface area contributed by atoms with Crippen LogP contribution in [-0.4, -0.2) is 25.8 Å². The van der Waals surface area contributed by atoms with Crippen molar-refractivity contribution < 1.29 is 13.6 Å². The molecule has 2 heterocycles. The number of nitrogens with zero attached hydrogens (tertiary/aromatic N) is 1. The van der Waals surface area contributed by atoms with Crippen LogP contribution < -0.4 is 5.73 Å². The highest BCUT2D eigenvalue weighted by Gasteiger charge is 2.36. The van der Waals surface area contributed by atoms with Crippen LogP contribution in [0.4, 0.5) is 4.39 Å². The van der Waals surface area contributed by atoms with Gasteiger partial charge in [0, 0.05) is 47.0 Å². The number of carbonyl (C=O) groups is 1. The number of primary amides is 1. The first kappa shape index (κ1) is 28.4. The van der Waals surface area contributed by atoms with Crippen molar-refractivity contribution in [2.75, 3.05) is 6.61 Å². The number of carbonyl (C=O) groups excluding carboxylic acids is 1. The van der Waals surface area contributed by atoms with E-state index in [1.807, 2.05) is 24.3 Å². The molecule has 0 aliphatic rings. The van der Waals surface area contributed by atoms with E-state index < -0.39 is 14.2 Å². The van der Waals surface area contributed by atoms with E-state index in [4.69, 9.17) is 10.2 Å². The van der Waals surface area contributed by atoms with Crippen molar-refractivity contribution in [3.05, 3.63) is 89.3 Å². The Balaban J connectivity index is 1.82. The van der Waals surface area contributed by atoms with Crippen LogP contribution in [0.15, 0.2) is 73.1 Å². The molecular formula is C32H33FN2O2SSi. The lowest BCUT2D eigenvalue weighted by Crippen LogP contribution is -2.40. The van der Waals surface area contributed by atoms with Crippen LogP contribution in [0.1, 0.15) is 42.4 Å². The van der Waals surface area contributed by atoms with Crippen LogP contribution in [0.25, 0.3) is 32.7 Å². The second-order valence-electron chi connectivity index (χ2n) is 10.9. The molecule has 0 atom stereocenters. The molecule has 4 nitrogen and oxygen atoms in total. The molecule has 0 aliphatic carbocycles. The number of pyridine rings is 1. The Morgan fingerprint density at radius 1 is 0.949 bits per heavy atom. The zero-order valence-corrected chi connectivity index (χ0v) is 24.8. The first-order valence-electron chi connectivity index (χ1n) is 12.8. The molecule has 0 unspecified atom stereocenters. The number of rotatable bonds is 7. The molecule has 2 aromatic heterocycles. The molecule has 39 heavy (non-hydrogen) atoms. The van der Waals surface area contributed by atoms with Crippen LogP contribution in [0, 0.1) is 17.7 Å². The molecule has 0 fully saturated rings. The van der Waals surface area contributed by atoms with E-state index in [9.17, 15) is 9.18 Å². The third kappa shape index (κ3) is 6.54. The van der Waals surface area contributed by atoms with Gasteiger partial charge in [0.05, 0.1) is 4.88 Å². The number of nitrogens with two attached hydrogens (primary N) is 1. The van der Waals surface area contributed by atoms with Gasteiger partial charge >= 0.3 is 0 Å². The van der Waals surface area contributed by atoms with Gasteiger partial charge in [-0.2, -0.15) is 0 Å². The first-order chi connectivity index (χ1) is 18.5. The Bertz CT molecular complexity index is 1510. The standard InChI is InChI=1S/C32H33FN2O2SSi/c1-32(2,3)39(4,5)37-21-7-6-8-27-28(22-9-11-25(12-10-22)31(34)36)29(23-17-19-35-20-18-23)30(38-27)24-13-15-26(33)16-14-24/h9-20H,7,21H2,1-5H3,(H2,34,36). The van der Waals surface area contributed by atoms with Crippen LogP contribution in [0.3, 0.4) is 0 Å². The summed E-state index contributed by atoms with van der Waals surface area (Å²) in [4.78, 5) is 17.8. The van der Waals surface area contributed by atoms with E-state index in [1.54, 1.807) is 48.0 Å². The predicted molar refractivity (Wildman–Crippen MR) is 162 cm³/mol. The summed E-state index contributed by atoms with van der Waals surface area (Å²) in [6.45, 7) is 11.7. The smallest absolute Gasteiger partial charge is 0.248 e. The van der Waals surface area contributed by atoms with Crippen molar-refractivity contribution in [1.29, 1.82) is 0 Å². The van der Waals surface area contributed by atoms with Gasteiger partial charge in [0.15, 0.2) is 8.32 Å². The van der Waals surface area contributed by atoms with Gasteiger partial charge in [-0.1, -0.05) is 56.9 Å². The number of benzene rings is 2. The molecule has 0 saturated heterocycles. The van der Waals surface area contributed by atoms with Gasteiger partial charge in [-0.25, -0.2) is 4.39 Å². The molecular weight excluding hydrogens is 524 g/mol. The summed E-state index contributed by atoms with van der Waals surface area (Å²) in [6.07, 6.45) is 4.12. The van der Waals surface area contributed by atoms with Crippen molar-refractivity contribution in [3.63, 3.8) is 0 Å². The Labute approximate surface area is 235 Å². The Kier molecular flexibility index (Phi) is 8.50. The van der Waals surface area contributed by atoms with Crippen molar-refractivity contribution in [1.82, 2.24) is 4.98 Å². The van der Waals surface area contributed by atoms with Gasteiger partial charge in [0.25, 0.3) is 0 Å². The molecule has 4 aromatic rings. The van der Waals surface area contributed by atoms with Gasteiger partial charge in [0.1, 0.15) is 5.82 Å². The highest BCUT2D eigenvalue weighted by atomic mass is 32.1. The number of thiophene rings is 1. The maximum absolute atomic E-state index is 13.8. The Hall–Kier alpha value is -3.57. The topological polar surface area (TPSA) is 65.2 Å². The van der Waals surface area contributed by atoms with Crippen molar-refractivity contribution in [2.24, 2.45) is 5.73 Å². The quantitative estimate of drug-likeness (QED) is 0.142. The largest absolute Gasteiger partial charge is 0.416 e.